The van der Waals surface area contributed by atoms with E-state index < -0.39 is 5.60 Å². The van der Waals surface area contributed by atoms with Crippen LogP contribution in [0.4, 0.5) is 0 Å². The highest BCUT2D eigenvalue weighted by molar-refractivity contribution is 5.95. The van der Waals surface area contributed by atoms with Crippen molar-refractivity contribution in [2.24, 2.45) is 0 Å². The standard InChI is InChI=1S/C18H16N2O3/c21-16(15-7-3-4-10-19-15)20-11-8-18(9-12-20)14-6-2-1-5-13(14)17(22)23-18/h1-7,10H,8-9,11-12H2. The summed E-state index contributed by atoms with van der Waals surface area (Å²) < 4.78 is 5.70. The number of nitrogens with zero attached hydrogens (tertiary/aromatic N) is 2. The van der Waals surface area contributed by atoms with E-state index in [1.807, 2.05) is 18.2 Å². The molecule has 4 rings (SSSR count). The molecule has 2 aliphatic rings. The largest absolute Gasteiger partial charge is 0.450 e. The van der Waals surface area contributed by atoms with Gasteiger partial charge in [0.2, 0.25) is 0 Å². The third kappa shape index (κ3) is 2.20. The first kappa shape index (κ1) is 13.9. The molecule has 2 aromatic rings. The zero-order valence-corrected chi connectivity index (χ0v) is 12.6. The summed E-state index contributed by atoms with van der Waals surface area (Å²) in [6, 6.07) is 12.8. The van der Waals surface area contributed by atoms with Crippen molar-refractivity contribution in [1.29, 1.82) is 0 Å². The normalized spacial score (nSPS) is 18.6. The fourth-order valence-electron chi connectivity index (χ4n) is 3.44. The molecule has 1 fully saturated rings. The molecule has 2 aliphatic heterocycles. The van der Waals surface area contributed by atoms with Crippen LogP contribution in [-0.4, -0.2) is 34.8 Å². The fourth-order valence-corrected chi connectivity index (χ4v) is 3.44. The van der Waals surface area contributed by atoms with Gasteiger partial charge in [-0.1, -0.05) is 24.3 Å². The van der Waals surface area contributed by atoms with Gasteiger partial charge in [0.25, 0.3) is 5.91 Å². The number of likely N-dealkylation sites (tertiary alicyclic amines) is 1. The average Bonchev–Trinajstić information content (AvgIpc) is 2.88. The van der Waals surface area contributed by atoms with Gasteiger partial charge in [0, 0.05) is 37.7 Å². The highest BCUT2D eigenvalue weighted by Gasteiger charge is 2.47. The molecule has 1 spiro atoms. The first-order valence-electron chi connectivity index (χ1n) is 7.73. The smallest absolute Gasteiger partial charge is 0.339 e. The molecule has 0 radical (unpaired) electrons. The number of hydrogen-bond donors (Lipinski definition) is 0. The van der Waals surface area contributed by atoms with Crippen LogP contribution in [0.3, 0.4) is 0 Å². The second-order valence-corrected chi connectivity index (χ2v) is 5.94. The molecule has 5 heteroatoms. The van der Waals surface area contributed by atoms with Crippen molar-refractivity contribution in [2.75, 3.05) is 13.1 Å². The van der Waals surface area contributed by atoms with E-state index in [9.17, 15) is 9.59 Å². The molecule has 0 unspecified atom stereocenters. The number of piperidine rings is 1. The van der Waals surface area contributed by atoms with Crippen molar-refractivity contribution in [3.63, 3.8) is 0 Å². The lowest BCUT2D eigenvalue weighted by atomic mass is 9.83. The maximum Gasteiger partial charge on any atom is 0.339 e. The molecular weight excluding hydrogens is 292 g/mol. The SMILES string of the molecule is O=C1OC2(CCN(C(=O)c3ccccn3)CC2)c2ccccc21. The number of aromatic nitrogens is 1. The van der Waals surface area contributed by atoms with Gasteiger partial charge in [0.1, 0.15) is 11.3 Å². The van der Waals surface area contributed by atoms with Crippen molar-refractivity contribution in [1.82, 2.24) is 9.88 Å². The van der Waals surface area contributed by atoms with Gasteiger partial charge in [0.15, 0.2) is 0 Å². The Kier molecular flexibility index (Phi) is 3.15. The molecule has 1 aromatic heterocycles. The minimum Gasteiger partial charge on any atom is -0.450 e. The van der Waals surface area contributed by atoms with Crippen LogP contribution in [0.25, 0.3) is 0 Å². The van der Waals surface area contributed by atoms with Gasteiger partial charge >= 0.3 is 5.97 Å². The molecule has 0 bridgehead atoms. The highest BCUT2D eigenvalue weighted by Crippen LogP contribution is 2.44. The average molecular weight is 308 g/mol. The molecule has 3 heterocycles. The van der Waals surface area contributed by atoms with E-state index in [-0.39, 0.29) is 11.9 Å². The van der Waals surface area contributed by atoms with Gasteiger partial charge in [-0.3, -0.25) is 9.78 Å². The number of carbonyl (C=O) groups excluding carboxylic acids is 2. The van der Waals surface area contributed by atoms with Crippen molar-refractivity contribution in [2.45, 2.75) is 18.4 Å². The Bertz CT molecular complexity index is 765. The molecule has 23 heavy (non-hydrogen) atoms. The van der Waals surface area contributed by atoms with Gasteiger partial charge in [-0.15, -0.1) is 0 Å². The summed E-state index contributed by atoms with van der Waals surface area (Å²) in [6.07, 6.45) is 2.86. The Morgan fingerprint density at radius 3 is 2.57 bits per heavy atom. The van der Waals surface area contributed by atoms with Gasteiger partial charge in [-0.05, 0) is 18.2 Å². The van der Waals surface area contributed by atoms with Crippen LogP contribution in [0.2, 0.25) is 0 Å². The van der Waals surface area contributed by atoms with Crippen LogP contribution in [0.15, 0.2) is 48.7 Å². The van der Waals surface area contributed by atoms with Gasteiger partial charge in [0.05, 0.1) is 5.56 Å². The Morgan fingerprint density at radius 2 is 1.83 bits per heavy atom. The number of rotatable bonds is 1. The van der Waals surface area contributed by atoms with Crippen molar-refractivity contribution < 1.29 is 14.3 Å². The number of fused-ring (bicyclic) bond motifs is 2. The van der Waals surface area contributed by atoms with Crippen LogP contribution in [-0.2, 0) is 10.3 Å². The van der Waals surface area contributed by atoms with E-state index in [1.54, 1.807) is 35.4 Å². The predicted octanol–water partition coefficient (Wildman–Crippen LogP) is 2.38. The van der Waals surface area contributed by atoms with E-state index >= 15 is 0 Å². The number of carbonyl (C=O) groups is 2. The molecule has 0 atom stereocenters. The van der Waals surface area contributed by atoms with Crippen LogP contribution < -0.4 is 0 Å². The lowest BCUT2D eigenvalue weighted by Crippen LogP contribution is -2.45. The number of esters is 1. The van der Waals surface area contributed by atoms with Crippen molar-refractivity contribution >= 4 is 11.9 Å². The summed E-state index contributed by atoms with van der Waals surface area (Å²) in [5.74, 6) is -0.330. The minimum atomic E-state index is -0.575. The monoisotopic (exact) mass is 308 g/mol. The Morgan fingerprint density at radius 1 is 1.09 bits per heavy atom. The van der Waals surface area contributed by atoms with Crippen LogP contribution in [0, 0.1) is 0 Å². The molecule has 0 saturated carbocycles. The third-order valence-corrected chi connectivity index (χ3v) is 4.67. The molecule has 0 N–H and O–H groups in total. The lowest BCUT2D eigenvalue weighted by molar-refractivity contribution is -0.0390. The number of ether oxygens (including phenoxy) is 1. The number of benzene rings is 1. The van der Waals surface area contributed by atoms with Crippen LogP contribution >= 0.6 is 0 Å². The highest BCUT2D eigenvalue weighted by atomic mass is 16.6. The first-order chi connectivity index (χ1) is 11.2. The predicted molar refractivity (Wildman–Crippen MR) is 82.9 cm³/mol. The summed E-state index contributed by atoms with van der Waals surface area (Å²) in [5, 5.41) is 0. The molecule has 1 saturated heterocycles. The topological polar surface area (TPSA) is 59.5 Å². The Balaban J connectivity index is 1.54. The van der Waals surface area contributed by atoms with Gasteiger partial charge in [-0.2, -0.15) is 0 Å². The van der Waals surface area contributed by atoms with Crippen molar-refractivity contribution in [3.8, 4) is 0 Å². The fraction of sp³-hybridized carbons (Fsp3) is 0.278. The molecule has 1 aromatic carbocycles. The summed E-state index contributed by atoms with van der Waals surface area (Å²) in [4.78, 5) is 30.4. The van der Waals surface area contributed by atoms with E-state index in [4.69, 9.17) is 4.74 Å². The Labute approximate surface area is 133 Å². The second-order valence-electron chi connectivity index (χ2n) is 5.94. The van der Waals surface area contributed by atoms with E-state index in [0.29, 0.717) is 37.2 Å². The molecule has 1 amide bonds. The van der Waals surface area contributed by atoms with Gasteiger partial charge in [-0.25, -0.2) is 4.79 Å². The third-order valence-electron chi connectivity index (χ3n) is 4.67. The van der Waals surface area contributed by atoms with Crippen molar-refractivity contribution in [3.05, 3.63) is 65.5 Å². The molecular formula is C18H16N2O3. The zero-order valence-electron chi connectivity index (χ0n) is 12.6. The zero-order chi connectivity index (χ0) is 15.9. The Hall–Kier alpha value is -2.69. The number of pyridine rings is 1. The molecule has 116 valence electrons. The van der Waals surface area contributed by atoms with E-state index in [0.717, 1.165) is 5.56 Å². The summed E-state index contributed by atoms with van der Waals surface area (Å²) >= 11 is 0. The minimum absolute atomic E-state index is 0.0712. The van der Waals surface area contributed by atoms with E-state index in [2.05, 4.69) is 4.98 Å². The van der Waals surface area contributed by atoms with Gasteiger partial charge < -0.3 is 9.64 Å². The first-order valence-corrected chi connectivity index (χ1v) is 7.73. The maximum atomic E-state index is 12.5. The van der Waals surface area contributed by atoms with Crippen LogP contribution in [0.5, 0.6) is 0 Å². The summed E-state index contributed by atoms with van der Waals surface area (Å²) in [5.41, 5.74) is 1.48. The maximum absolute atomic E-state index is 12.5. The number of amides is 1. The molecule has 5 nitrogen and oxygen atoms in total. The van der Waals surface area contributed by atoms with Crippen LogP contribution in [0.1, 0.15) is 39.3 Å². The second kappa shape index (κ2) is 5.19. The number of hydrogen-bond acceptors (Lipinski definition) is 4. The lowest BCUT2D eigenvalue weighted by Gasteiger charge is -2.38. The quantitative estimate of drug-likeness (QED) is 0.759. The summed E-state index contributed by atoms with van der Waals surface area (Å²) in [7, 11) is 0. The summed E-state index contributed by atoms with van der Waals surface area (Å²) in [6.45, 7) is 1.11. The van der Waals surface area contributed by atoms with E-state index in [1.165, 1.54) is 0 Å². The molecule has 0 aliphatic carbocycles.